The summed E-state index contributed by atoms with van der Waals surface area (Å²) in [6, 6.07) is 5.37. The van der Waals surface area contributed by atoms with Crippen LogP contribution in [-0.2, 0) is 4.79 Å². The number of carbonyl (C=O) groups excluding carboxylic acids is 1. The Morgan fingerprint density at radius 1 is 1.59 bits per heavy atom. The minimum absolute atomic E-state index is 0.134. The Morgan fingerprint density at radius 3 is 2.94 bits per heavy atom. The van der Waals surface area contributed by atoms with Gasteiger partial charge in [0.1, 0.15) is 0 Å². The van der Waals surface area contributed by atoms with Crippen LogP contribution in [0.2, 0.25) is 0 Å². The molecular formula is C12H17BrN2OS. The van der Waals surface area contributed by atoms with Gasteiger partial charge in [0.05, 0.1) is 11.7 Å². The number of rotatable bonds is 5. The lowest BCUT2D eigenvalue weighted by atomic mass is 10.2. The molecule has 0 bridgehead atoms. The first-order chi connectivity index (χ1) is 8.04. The molecule has 0 spiro atoms. The van der Waals surface area contributed by atoms with E-state index in [2.05, 4.69) is 21.2 Å². The van der Waals surface area contributed by atoms with Crippen molar-refractivity contribution < 1.29 is 4.79 Å². The van der Waals surface area contributed by atoms with Gasteiger partial charge >= 0.3 is 0 Å². The lowest BCUT2D eigenvalue weighted by Gasteiger charge is -2.13. The number of thioether (sulfide) groups is 1. The van der Waals surface area contributed by atoms with Crippen LogP contribution in [0.25, 0.3) is 0 Å². The normalized spacial score (nSPS) is 12.2. The van der Waals surface area contributed by atoms with E-state index in [9.17, 15) is 4.79 Å². The summed E-state index contributed by atoms with van der Waals surface area (Å²) in [5.74, 6) is 0.758. The molecule has 94 valence electrons. The van der Waals surface area contributed by atoms with E-state index in [1.54, 1.807) is 11.8 Å². The number of hydrogen-bond donors (Lipinski definition) is 2. The van der Waals surface area contributed by atoms with Gasteiger partial charge in [-0.25, -0.2) is 0 Å². The fourth-order valence-corrected chi connectivity index (χ4v) is 2.17. The number of carbonyl (C=O) groups is 1. The maximum absolute atomic E-state index is 11.8. The number of nitrogens with two attached hydrogens (primary N) is 1. The molecule has 3 N–H and O–H groups in total. The van der Waals surface area contributed by atoms with E-state index in [0.29, 0.717) is 6.42 Å². The van der Waals surface area contributed by atoms with E-state index in [-0.39, 0.29) is 5.91 Å². The number of halogens is 1. The summed E-state index contributed by atoms with van der Waals surface area (Å²) in [6.45, 7) is 1.98. The zero-order valence-corrected chi connectivity index (χ0v) is 12.4. The summed E-state index contributed by atoms with van der Waals surface area (Å²) in [7, 11) is 0. The summed E-state index contributed by atoms with van der Waals surface area (Å²) in [6.07, 6.45) is 2.69. The van der Waals surface area contributed by atoms with Crippen molar-refractivity contribution >= 4 is 39.3 Å². The Labute approximate surface area is 115 Å². The zero-order valence-electron chi connectivity index (χ0n) is 10.00. The minimum Gasteiger partial charge on any atom is -0.324 e. The molecule has 0 aliphatic carbocycles. The fourth-order valence-electron chi connectivity index (χ4n) is 1.34. The van der Waals surface area contributed by atoms with Crippen molar-refractivity contribution in [1.82, 2.24) is 0 Å². The standard InChI is InChI=1S/C12H17BrN2OS/c1-8-3-4-9(13)11(7-8)15-12(16)10(14)5-6-17-2/h3-4,7,10H,5-6,14H2,1-2H3,(H,15,16)/t10-/m1/s1. The number of nitrogens with one attached hydrogen (secondary N) is 1. The Kier molecular flexibility index (Phi) is 6.02. The average molecular weight is 317 g/mol. The van der Waals surface area contributed by atoms with Crippen LogP contribution in [0.3, 0.4) is 0 Å². The van der Waals surface area contributed by atoms with Crippen molar-refractivity contribution in [3.8, 4) is 0 Å². The van der Waals surface area contributed by atoms with Crippen molar-refractivity contribution in [2.45, 2.75) is 19.4 Å². The van der Waals surface area contributed by atoms with Crippen LogP contribution in [0.4, 0.5) is 5.69 Å². The molecular weight excluding hydrogens is 300 g/mol. The highest BCUT2D eigenvalue weighted by atomic mass is 79.9. The topological polar surface area (TPSA) is 55.1 Å². The molecule has 1 aromatic rings. The molecule has 0 heterocycles. The molecule has 17 heavy (non-hydrogen) atoms. The van der Waals surface area contributed by atoms with Gasteiger partial charge in [-0.1, -0.05) is 6.07 Å². The number of hydrogen-bond acceptors (Lipinski definition) is 3. The average Bonchev–Trinajstić information content (AvgIpc) is 2.30. The van der Waals surface area contributed by atoms with Crippen molar-refractivity contribution in [1.29, 1.82) is 0 Å². The predicted molar refractivity (Wildman–Crippen MR) is 78.5 cm³/mol. The highest BCUT2D eigenvalue weighted by molar-refractivity contribution is 9.10. The summed E-state index contributed by atoms with van der Waals surface area (Å²) < 4.78 is 0.869. The van der Waals surface area contributed by atoms with Crippen LogP contribution in [0.15, 0.2) is 22.7 Å². The third-order valence-corrected chi connectivity index (χ3v) is 3.68. The maximum atomic E-state index is 11.8. The Bertz CT molecular complexity index is 398. The van der Waals surface area contributed by atoms with Crippen LogP contribution >= 0.6 is 27.7 Å². The van der Waals surface area contributed by atoms with E-state index in [1.165, 1.54) is 0 Å². The van der Waals surface area contributed by atoms with E-state index in [1.807, 2.05) is 31.4 Å². The largest absolute Gasteiger partial charge is 0.324 e. The Balaban J connectivity index is 2.64. The number of benzene rings is 1. The second-order valence-electron chi connectivity index (χ2n) is 3.86. The Morgan fingerprint density at radius 2 is 2.29 bits per heavy atom. The molecule has 0 saturated heterocycles. The molecule has 1 aromatic carbocycles. The van der Waals surface area contributed by atoms with Gasteiger partial charge in [0.25, 0.3) is 0 Å². The molecule has 0 aliphatic rings. The third-order valence-electron chi connectivity index (χ3n) is 2.35. The third kappa shape index (κ3) is 4.69. The molecule has 0 saturated carbocycles. The van der Waals surface area contributed by atoms with Crippen LogP contribution in [0, 0.1) is 6.92 Å². The maximum Gasteiger partial charge on any atom is 0.241 e. The quantitative estimate of drug-likeness (QED) is 0.878. The predicted octanol–water partition coefficient (Wildman–Crippen LogP) is 2.78. The van der Waals surface area contributed by atoms with Gasteiger partial charge in [-0.2, -0.15) is 11.8 Å². The molecule has 1 atom stereocenters. The summed E-state index contributed by atoms with van der Waals surface area (Å²) in [5.41, 5.74) is 7.67. The first-order valence-electron chi connectivity index (χ1n) is 5.36. The van der Waals surface area contributed by atoms with Gasteiger partial charge in [0, 0.05) is 4.47 Å². The summed E-state index contributed by atoms with van der Waals surface area (Å²) in [5, 5.41) is 2.84. The van der Waals surface area contributed by atoms with Crippen LogP contribution in [0.5, 0.6) is 0 Å². The fraction of sp³-hybridized carbons (Fsp3) is 0.417. The molecule has 5 heteroatoms. The van der Waals surface area contributed by atoms with E-state index < -0.39 is 6.04 Å². The lowest BCUT2D eigenvalue weighted by molar-refractivity contribution is -0.117. The summed E-state index contributed by atoms with van der Waals surface area (Å²) >= 11 is 5.09. The van der Waals surface area contributed by atoms with E-state index in [0.717, 1.165) is 21.5 Å². The minimum atomic E-state index is -0.449. The van der Waals surface area contributed by atoms with Gasteiger partial charge in [-0.05, 0) is 59.0 Å². The monoisotopic (exact) mass is 316 g/mol. The van der Waals surface area contributed by atoms with Gasteiger partial charge < -0.3 is 11.1 Å². The molecule has 1 rings (SSSR count). The van der Waals surface area contributed by atoms with Crippen molar-refractivity contribution in [2.75, 3.05) is 17.3 Å². The second-order valence-corrected chi connectivity index (χ2v) is 5.70. The summed E-state index contributed by atoms with van der Waals surface area (Å²) in [4.78, 5) is 11.8. The molecule has 1 amide bonds. The van der Waals surface area contributed by atoms with Gasteiger partial charge in [-0.3, -0.25) is 4.79 Å². The second kappa shape index (κ2) is 7.03. The van der Waals surface area contributed by atoms with E-state index in [4.69, 9.17) is 5.73 Å². The van der Waals surface area contributed by atoms with Gasteiger partial charge in [0.15, 0.2) is 0 Å². The Hall–Kier alpha value is -0.520. The number of anilines is 1. The molecule has 0 aliphatic heterocycles. The van der Waals surface area contributed by atoms with Crippen molar-refractivity contribution in [2.24, 2.45) is 5.73 Å². The molecule has 0 unspecified atom stereocenters. The first kappa shape index (κ1) is 14.5. The van der Waals surface area contributed by atoms with Crippen LogP contribution in [0.1, 0.15) is 12.0 Å². The lowest BCUT2D eigenvalue weighted by Crippen LogP contribution is -2.36. The van der Waals surface area contributed by atoms with Crippen molar-refractivity contribution in [3.05, 3.63) is 28.2 Å². The van der Waals surface area contributed by atoms with E-state index >= 15 is 0 Å². The highest BCUT2D eigenvalue weighted by Gasteiger charge is 2.14. The molecule has 0 radical (unpaired) electrons. The molecule has 0 aromatic heterocycles. The molecule has 0 fully saturated rings. The van der Waals surface area contributed by atoms with Crippen molar-refractivity contribution in [3.63, 3.8) is 0 Å². The van der Waals surface area contributed by atoms with Gasteiger partial charge in [-0.15, -0.1) is 0 Å². The zero-order chi connectivity index (χ0) is 12.8. The SMILES string of the molecule is CSCC[C@@H](N)C(=O)Nc1cc(C)ccc1Br. The van der Waals surface area contributed by atoms with Crippen LogP contribution in [-0.4, -0.2) is 24.0 Å². The smallest absolute Gasteiger partial charge is 0.241 e. The van der Waals surface area contributed by atoms with Crippen LogP contribution < -0.4 is 11.1 Å². The molecule has 3 nitrogen and oxygen atoms in total. The first-order valence-corrected chi connectivity index (χ1v) is 7.55. The highest BCUT2D eigenvalue weighted by Crippen LogP contribution is 2.23. The van der Waals surface area contributed by atoms with Gasteiger partial charge in [0.2, 0.25) is 5.91 Å². The number of aryl methyl sites for hydroxylation is 1. The number of amides is 1.